The van der Waals surface area contributed by atoms with Gasteiger partial charge in [-0.05, 0) is 68.1 Å². The van der Waals surface area contributed by atoms with Crippen LogP contribution >= 0.6 is 31.9 Å². The lowest BCUT2D eigenvalue weighted by atomic mass is 10.1. The summed E-state index contributed by atoms with van der Waals surface area (Å²) in [5.41, 5.74) is 0.939. The molecular weight excluding hydrogens is 446 g/mol. The molecule has 0 saturated heterocycles. The van der Waals surface area contributed by atoms with E-state index in [2.05, 4.69) is 36.6 Å². The smallest absolute Gasteiger partial charge is 0.305 e. The van der Waals surface area contributed by atoms with Crippen LogP contribution in [0.15, 0.2) is 45.3 Å². The molecule has 0 saturated carbocycles. The SMILES string of the molecule is COC(=O)CCc1cc(Br)c(Oc2ccc([N+](=O)[O-])cc2)c(Br)c1. The van der Waals surface area contributed by atoms with Gasteiger partial charge in [-0.15, -0.1) is 0 Å². The van der Waals surface area contributed by atoms with Crippen molar-refractivity contribution in [3.63, 3.8) is 0 Å². The average molecular weight is 459 g/mol. The van der Waals surface area contributed by atoms with E-state index >= 15 is 0 Å². The van der Waals surface area contributed by atoms with Gasteiger partial charge in [-0.1, -0.05) is 0 Å². The Morgan fingerprint density at radius 1 is 1.17 bits per heavy atom. The first kappa shape index (κ1) is 18.4. The molecule has 24 heavy (non-hydrogen) atoms. The Morgan fingerprint density at radius 2 is 1.75 bits per heavy atom. The summed E-state index contributed by atoms with van der Waals surface area (Å²) in [6.07, 6.45) is 0.833. The predicted octanol–water partition coefficient (Wildman–Crippen LogP) is 5.02. The van der Waals surface area contributed by atoms with E-state index in [1.54, 1.807) is 0 Å². The zero-order chi connectivity index (χ0) is 17.7. The Labute approximate surface area is 155 Å². The molecule has 0 aliphatic heterocycles. The van der Waals surface area contributed by atoms with Gasteiger partial charge < -0.3 is 9.47 Å². The topological polar surface area (TPSA) is 78.7 Å². The van der Waals surface area contributed by atoms with E-state index in [0.29, 0.717) is 26.9 Å². The molecule has 126 valence electrons. The number of ether oxygens (including phenoxy) is 2. The molecule has 0 fully saturated rings. The predicted molar refractivity (Wildman–Crippen MR) is 95.3 cm³/mol. The van der Waals surface area contributed by atoms with Crippen LogP contribution in [0.2, 0.25) is 0 Å². The number of halogens is 2. The number of nitro groups is 1. The van der Waals surface area contributed by atoms with Crippen LogP contribution in [-0.4, -0.2) is 18.0 Å². The van der Waals surface area contributed by atoms with E-state index in [4.69, 9.17) is 4.74 Å². The number of nitrogens with zero attached hydrogens (tertiary/aromatic N) is 1. The maximum atomic E-state index is 11.2. The first-order chi connectivity index (χ1) is 11.4. The summed E-state index contributed by atoms with van der Waals surface area (Å²) >= 11 is 6.88. The Balaban J connectivity index is 2.15. The molecule has 0 bridgehead atoms. The van der Waals surface area contributed by atoms with Crippen molar-refractivity contribution in [3.8, 4) is 11.5 Å². The van der Waals surface area contributed by atoms with Gasteiger partial charge in [0.25, 0.3) is 5.69 Å². The summed E-state index contributed by atoms with van der Waals surface area (Å²) in [7, 11) is 1.36. The first-order valence-electron chi connectivity index (χ1n) is 6.87. The lowest BCUT2D eigenvalue weighted by Gasteiger charge is -2.12. The molecule has 2 aromatic carbocycles. The second kappa shape index (κ2) is 8.25. The van der Waals surface area contributed by atoms with Gasteiger partial charge in [0, 0.05) is 18.6 Å². The molecule has 0 amide bonds. The van der Waals surface area contributed by atoms with Crippen LogP contribution in [0.4, 0.5) is 5.69 Å². The van der Waals surface area contributed by atoms with Crippen molar-refractivity contribution in [2.75, 3.05) is 7.11 Å². The van der Waals surface area contributed by atoms with E-state index in [1.807, 2.05) is 12.1 Å². The van der Waals surface area contributed by atoms with Crippen molar-refractivity contribution >= 4 is 43.5 Å². The Morgan fingerprint density at radius 3 is 2.25 bits per heavy atom. The zero-order valence-electron chi connectivity index (χ0n) is 12.6. The second-order valence-corrected chi connectivity index (χ2v) is 6.53. The largest absolute Gasteiger partial charge is 0.469 e. The molecule has 0 aliphatic carbocycles. The molecule has 6 nitrogen and oxygen atoms in total. The monoisotopic (exact) mass is 457 g/mol. The fourth-order valence-corrected chi connectivity index (χ4v) is 3.40. The van der Waals surface area contributed by atoms with Crippen molar-refractivity contribution < 1.29 is 19.2 Å². The number of non-ortho nitro benzene ring substituents is 1. The minimum absolute atomic E-state index is 0.00126. The molecule has 8 heteroatoms. The molecular formula is C16H13Br2NO5. The molecule has 0 unspecified atom stereocenters. The van der Waals surface area contributed by atoms with Crippen LogP contribution in [0.1, 0.15) is 12.0 Å². The summed E-state index contributed by atoms with van der Waals surface area (Å²) in [6, 6.07) is 9.52. The zero-order valence-corrected chi connectivity index (χ0v) is 15.8. The lowest BCUT2D eigenvalue weighted by Crippen LogP contribution is -2.02. The molecule has 2 rings (SSSR count). The third-order valence-corrected chi connectivity index (χ3v) is 4.35. The van der Waals surface area contributed by atoms with Gasteiger partial charge in [-0.25, -0.2) is 0 Å². The van der Waals surface area contributed by atoms with Crippen LogP contribution in [0.5, 0.6) is 11.5 Å². The summed E-state index contributed by atoms with van der Waals surface area (Å²) in [5, 5.41) is 10.7. The van der Waals surface area contributed by atoms with E-state index in [1.165, 1.54) is 31.4 Å². The minimum atomic E-state index is -0.467. The van der Waals surface area contributed by atoms with Gasteiger partial charge in [0.2, 0.25) is 0 Å². The third-order valence-electron chi connectivity index (χ3n) is 3.17. The fourth-order valence-electron chi connectivity index (χ4n) is 1.96. The Hall–Kier alpha value is -1.93. The van der Waals surface area contributed by atoms with Gasteiger partial charge in [-0.2, -0.15) is 0 Å². The Bertz CT molecular complexity index is 739. The van der Waals surface area contributed by atoms with Gasteiger partial charge in [0.1, 0.15) is 5.75 Å². The highest BCUT2D eigenvalue weighted by Crippen LogP contribution is 2.38. The molecule has 0 heterocycles. The lowest BCUT2D eigenvalue weighted by molar-refractivity contribution is -0.384. The summed E-state index contributed by atoms with van der Waals surface area (Å²) < 4.78 is 11.8. The molecule has 2 aromatic rings. The van der Waals surface area contributed by atoms with Crippen molar-refractivity contribution in [3.05, 3.63) is 61.0 Å². The number of hydrogen-bond donors (Lipinski definition) is 0. The summed E-state index contributed by atoms with van der Waals surface area (Å²) in [4.78, 5) is 21.4. The van der Waals surface area contributed by atoms with Crippen molar-refractivity contribution in [2.45, 2.75) is 12.8 Å². The Kier molecular flexibility index (Phi) is 6.33. The first-order valence-corrected chi connectivity index (χ1v) is 8.46. The van der Waals surface area contributed by atoms with E-state index in [0.717, 1.165) is 5.56 Å². The standard InChI is InChI=1S/C16H13Br2NO5/c1-23-15(20)7-2-10-8-13(17)16(14(18)9-10)24-12-5-3-11(4-6-12)19(21)22/h3-6,8-9H,2,7H2,1H3. The average Bonchev–Trinajstić information content (AvgIpc) is 2.56. The molecule has 0 aromatic heterocycles. The van der Waals surface area contributed by atoms with Gasteiger partial charge in [0.15, 0.2) is 5.75 Å². The van der Waals surface area contributed by atoms with E-state index in [9.17, 15) is 14.9 Å². The number of carbonyl (C=O) groups excluding carboxylic acids is 1. The van der Waals surface area contributed by atoms with Crippen molar-refractivity contribution in [1.82, 2.24) is 0 Å². The third kappa shape index (κ3) is 4.78. The summed E-state index contributed by atoms with van der Waals surface area (Å²) in [5.74, 6) is 0.753. The number of esters is 1. The number of methoxy groups -OCH3 is 1. The molecule has 0 spiro atoms. The molecule has 0 aliphatic rings. The van der Waals surface area contributed by atoms with Gasteiger partial charge in [0.05, 0.1) is 21.0 Å². The van der Waals surface area contributed by atoms with Crippen molar-refractivity contribution in [2.24, 2.45) is 0 Å². The number of nitro benzene ring substituents is 1. The highest BCUT2D eigenvalue weighted by atomic mass is 79.9. The number of benzene rings is 2. The molecule has 0 N–H and O–H groups in total. The van der Waals surface area contributed by atoms with Crippen molar-refractivity contribution in [1.29, 1.82) is 0 Å². The van der Waals surface area contributed by atoms with Gasteiger partial charge >= 0.3 is 5.97 Å². The number of carbonyl (C=O) groups is 1. The number of hydrogen-bond acceptors (Lipinski definition) is 5. The maximum absolute atomic E-state index is 11.2. The molecule has 0 radical (unpaired) electrons. The van der Waals surface area contributed by atoms with Crippen LogP contribution in [0.25, 0.3) is 0 Å². The highest BCUT2D eigenvalue weighted by molar-refractivity contribution is 9.11. The van der Waals surface area contributed by atoms with Crippen LogP contribution in [-0.2, 0) is 16.0 Å². The summed E-state index contributed by atoms with van der Waals surface area (Å²) in [6.45, 7) is 0. The quantitative estimate of drug-likeness (QED) is 0.345. The van der Waals surface area contributed by atoms with Gasteiger partial charge in [-0.3, -0.25) is 14.9 Å². The highest BCUT2D eigenvalue weighted by Gasteiger charge is 2.12. The maximum Gasteiger partial charge on any atom is 0.305 e. The van der Waals surface area contributed by atoms with Crippen LogP contribution < -0.4 is 4.74 Å². The van der Waals surface area contributed by atoms with Crippen LogP contribution in [0, 0.1) is 10.1 Å². The second-order valence-electron chi connectivity index (χ2n) is 4.82. The fraction of sp³-hybridized carbons (Fsp3) is 0.188. The van der Waals surface area contributed by atoms with Crippen LogP contribution in [0.3, 0.4) is 0 Å². The number of aryl methyl sites for hydroxylation is 1. The van der Waals surface area contributed by atoms with E-state index in [-0.39, 0.29) is 18.1 Å². The van der Waals surface area contributed by atoms with E-state index < -0.39 is 4.92 Å². The number of rotatable bonds is 6. The molecule has 0 atom stereocenters. The normalized spacial score (nSPS) is 10.3. The minimum Gasteiger partial charge on any atom is -0.469 e.